The van der Waals surface area contributed by atoms with Crippen LogP contribution in [0.1, 0.15) is 19.4 Å². The maximum absolute atomic E-state index is 11.2. The molecular weight excluding hydrogens is 262 g/mol. The Morgan fingerprint density at radius 1 is 1.14 bits per heavy atom. The highest BCUT2D eigenvalue weighted by molar-refractivity contribution is 5.74. The van der Waals surface area contributed by atoms with Gasteiger partial charge in [0.25, 0.3) is 0 Å². The van der Waals surface area contributed by atoms with Crippen LogP contribution in [-0.2, 0) is 6.42 Å². The van der Waals surface area contributed by atoms with Gasteiger partial charge in [-0.15, -0.1) is 4.91 Å². The third kappa shape index (κ3) is 2.57. The highest BCUT2D eigenvalue weighted by atomic mass is 16.3. The molecule has 0 N–H and O–H groups in total. The van der Waals surface area contributed by atoms with Gasteiger partial charge in [0.1, 0.15) is 11.3 Å². The minimum atomic E-state index is 0.349. The van der Waals surface area contributed by atoms with Gasteiger partial charge in [-0.3, -0.25) is 4.40 Å². The Morgan fingerprint density at radius 2 is 1.90 bits per heavy atom. The lowest BCUT2D eigenvalue weighted by atomic mass is 10.0. The fourth-order valence-corrected chi connectivity index (χ4v) is 2.53. The first-order valence-corrected chi connectivity index (χ1v) is 7.09. The van der Waals surface area contributed by atoms with E-state index in [-0.39, 0.29) is 0 Å². The van der Waals surface area contributed by atoms with Gasteiger partial charge in [-0.1, -0.05) is 44.2 Å². The minimum Gasteiger partial charge on any atom is -0.281 e. The highest BCUT2D eigenvalue weighted by Gasteiger charge is 2.14. The molecule has 0 saturated carbocycles. The van der Waals surface area contributed by atoms with Crippen LogP contribution in [-0.4, -0.2) is 9.38 Å². The van der Waals surface area contributed by atoms with Gasteiger partial charge in [0.15, 0.2) is 0 Å². The van der Waals surface area contributed by atoms with Gasteiger partial charge in [-0.25, -0.2) is 4.98 Å². The number of fused-ring (bicyclic) bond motifs is 1. The smallest absolute Gasteiger partial charge is 0.209 e. The number of hydrogen-bond donors (Lipinski definition) is 0. The molecule has 0 radical (unpaired) electrons. The molecule has 21 heavy (non-hydrogen) atoms. The normalized spacial score (nSPS) is 11.2. The van der Waals surface area contributed by atoms with Crippen LogP contribution < -0.4 is 0 Å². The highest BCUT2D eigenvalue weighted by Crippen LogP contribution is 2.31. The van der Waals surface area contributed by atoms with Crippen molar-refractivity contribution in [2.24, 2.45) is 11.1 Å². The molecule has 1 aromatic carbocycles. The average molecular weight is 279 g/mol. The average Bonchev–Trinajstić information content (AvgIpc) is 2.86. The minimum absolute atomic E-state index is 0.349. The largest absolute Gasteiger partial charge is 0.281 e. The molecular formula is C17H17N3O. The number of nitroso groups, excluding NO2 is 1. The summed E-state index contributed by atoms with van der Waals surface area (Å²) in [5.41, 5.74) is 3.57. The van der Waals surface area contributed by atoms with Crippen LogP contribution in [0.2, 0.25) is 0 Å². The first-order valence-electron chi connectivity index (χ1n) is 7.09. The number of benzene rings is 1. The van der Waals surface area contributed by atoms with Crippen molar-refractivity contribution in [2.45, 2.75) is 20.3 Å². The van der Waals surface area contributed by atoms with Crippen molar-refractivity contribution in [3.63, 3.8) is 0 Å². The van der Waals surface area contributed by atoms with Gasteiger partial charge in [0.05, 0.1) is 0 Å². The molecule has 2 heterocycles. The lowest BCUT2D eigenvalue weighted by Crippen LogP contribution is -1.93. The summed E-state index contributed by atoms with van der Waals surface area (Å²) in [6.45, 7) is 4.40. The van der Waals surface area contributed by atoms with Crippen LogP contribution in [0.5, 0.6) is 0 Å². The van der Waals surface area contributed by atoms with Crippen LogP contribution in [0, 0.1) is 10.8 Å². The van der Waals surface area contributed by atoms with Gasteiger partial charge in [0, 0.05) is 11.8 Å². The molecule has 0 unspecified atom stereocenters. The first kappa shape index (κ1) is 13.5. The third-order valence-corrected chi connectivity index (χ3v) is 3.46. The van der Waals surface area contributed by atoms with Crippen LogP contribution in [0.25, 0.3) is 16.9 Å². The fourth-order valence-electron chi connectivity index (χ4n) is 2.53. The predicted molar refractivity (Wildman–Crippen MR) is 84.6 cm³/mol. The summed E-state index contributed by atoms with van der Waals surface area (Å²) in [6, 6.07) is 13.8. The molecule has 4 nitrogen and oxygen atoms in total. The molecule has 0 saturated heterocycles. The van der Waals surface area contributed by atoms with Crippen molar-refractivity contribution in [1.82, 2.24) is 9.38 Å². The van der Waals surface area contributed by atoms with Crippen molar-refractivity contribution in [1.29, 1.82) is 0 Å². The number of nitrogens with zero attached hydrogens (tertiary/aromatic N) is 3. The first-order chi connectivity index (χ1) is 10.2. The Kier molecular flexibility index (Phi) is 3.52. The Labute approximate surface area is 123 Å². The molecule has 0 bridgehead atoms. The predicted octanol–water partition coefficient (Wildman–Crippen LogP) is 4.60. The molecule has 3 rings (SSSR count). The Hall–Kier alpha value is -2.49. The van der Waals surface area contributed by atoms with E-state index in [9.17, 15) is 4.91 Å². The second-order valence-corrected chi connectivity index (χ2v) is 5.60. The summed E-state index contributed by atoms with van der Waals surface area (Å²) in [7, 11) is 0. The zero-order chi connectivity index (χ0) is 14.8. The Bertz CT molecular complexity index is 772. The number of aromatic nitrogens is 2. The van der Waals surface area contributed by atoms with Gasteiger partial charge in [0.2, 0.25) is 5.82 Å². The topological polar surface area (TPSA) is 46.7 Å². The molecule has 106 valence electrons. The fraction of sp³-hybridized carbons (Fsp3) is 0.235. The standard InChI is InChI=1S/C17H17N3O/c1-12(2)11-13-6-8-14(9-7-13)16-17(19-21)20-10-4-3-5-15(20)18-16/h3-10,12H,11H2,1-2H3. The molecule has 0 fully saturated rings. The van der Waals surface area contributed by atoms with Crippen molar-refractivity contribution in [3.8, 4) is 11.3 Å². The van der Waals surface area contributed by atoms with Crippen LogP contribution in [0.4, 0.5) is 5.82 Å². The zero-order valence-electron chi connectivity index (χ0n) is 12.2. The number of pyridine rings is 1. The molecule has 0 spiro atoms. The maximum Gasteiger partial charge on any atom is 0.209 e. The van der Waals surface area contributed by atoms with Crippen molar-refractivity contribution in [2.75, 3.05) is 0 Å². The molecule has 0 aliphatic carbocycles. The monoisotopic (exact) mass is 279 g/mol. The van der Waals surface area contributed by atoms with Crippen LogP contribution in [0.3, 0.4) is 0 Å². The van der Waals surface area contributed by atoms with Gasteiger partial charge in [-0.05, 0) is 35.2 Å². The second kappa shape index (κ2) is 5.48. The second-order valence-electron chi connectivity index (χ2n) is 5.60. The molecule has 0 amide bonds. The van der Waals surface area contributed by atoms with E-state index < -0.39 is 0 Å². The van der Waals surface area contributed by atoms with E-state index in [2.05, 4.69) is 36.1 Å². The van der Waals surface area contributed by atoms with Crippen molar-refractivity contribution in [3.05, 3.63) is 59.1 Å². The maximum atomic E-state index is 11.2. The molecule has 0 atom stereocenters. The van der Waals surface area contributed by atoms with Gasteiger partial charge >= 0.3 is 0 Å². The summed E-state index contributed by atoms with van der Waals surface area (Å²) >= 11 is 0. The summed E-state index contributed by atoms with van der Waals surface area (Å²) in [4.78, 5) is 15.7. The van der Waals surface area contributed by atoms with Gasteiger partial charge in [-0.2, -0.15) is 0 Å². The number of imidazole rings is 1. The van der Waals surface area contributed by atoms with E-state index in [1.54, 1.807) is 10.6 Å². The van der Waals surface area contributed by atoms with Crippen molar-refractivity contribution < 1.29 is 0 Å². The SMILES string of the molecule is CC(C)Cc1ccc(-c2nc3ccccn3c2N=O)cc1. The van der Waals surface area contributed by atoms with E-state index in [4.69, 9.17) is 0 Å². The van der Waals surface area contributed by atoms with E-state index in [0.29, 0.717) is 17.4 Å². The van der Waals surface area contributed by atoms with Crippen LogP contribution in [0.15, 0.2) is 53.8 Å². The van der Waals surface area contributed by atoms with E-state index in [1.807, 2.05) is 30.3 Å². The molecule has 2 aromatic heterocycles. The summed E-state index contributed by atoms with van der Waals surface area (Å²) < 4.78 is 1.71. The molecule has 0 aliphatic rings. The van der Waals surface area contributed by atoms with E-state index in [0.717, 1.165) is 17.6 Å². The molecule has 4 heteroatoms. The Morgan fingerprint density at radius 3 is 2.57 bits per heavy atom. The lowest BCUT2D eigenvalue weighted by Gasteiger charge is -2.05. The van der Waals surface area contributed by atoms with Crippen molar-refractivity contribution >= 4 is 11.5 Å². The number of hydrogen-bond acceptors (Lipinski definition) is 3. The van der Waals surface area contributed by atoms with Crippen LogP contribution >= 0.6 is 0 Å². The number of rotatable bonds is 4. The summed E-state index contributed by atoms with van der Waals surface area (Å²) in [5.74, 6) is 0.973. The summed E-state index contributed by atoms with van der Waals surface area (Å²) in [6.07, 6.45) is 2.85. The summed E-state index contributed by atoms with van der Waals surface area (Å²) in [5, 5.41) is 3.16. The van der Waals surface area contributed by atoms with E-state index >= 15 is 0 Å². The third-order valence-electron chi connectivity index (χ3n) is 3.46. The lowest BCUT2D eigenvalue weighted by molar-refractivity contribution is 0.647. The van der Waals surface area contributed by atoms with Gasteiger partial charge < -0.3 is 0 Å². The Balaban J connectivity index is 2.05. The quantitative estimate of drug-likeness (QED) is 0.655. The zero-order valence-corrected chi connectivity index (χ0v) is 12.2. The molecule has 3 aromatic rings. The molecule has 0 aliphatic heterocycles. The van der Waals surface area contributed by atoms with E-state index in [1.165, 1.54) is 5.56 Å².